The summed E-state index contributed by atoms with van der Waals surface area (Å²) in [7, 11) is 0. The standard InChI is InChI=1S/C14H21N3O2/c1-2-19-12-7-11(14(12)5-3-4-6-14)17-13(18)10-8-15-9-16-10/h8-9,11-12H,2-7H2,1H3,(H,15,16)(H,17,18)/t11-,12+/m1/s1. The second-order valence-electron chi connectivity index (χ2n) is 5.61. The van der Waals surface area contributed by atoms with Crippen LogP contribution in [0.15, 0.2) is 12.5 Å². The number of nitrogens with one attached hydrogen (secondary N) is 2. The Morgan fingerprint density at radius 2 is 2.37 bits per heavy atom. The highest BCUT2D eigenvalue weighted by Gasteiger charge is 2.57. The zero-order valence-electron chi connectivity index (χ0n) is 11.3. The van der Waals surface area contributed by atoms with Crippen LogP contribution in [0, 0.1) is 5.41 Å². The lowest BCUT2D eigenvalue weighted by molar-refractivity contribution is -0.127. The highest BCUT2D eigenvalue weighted by atomic mass is 16.5. The summed E-state index contributed by atoms with van der Waals surface area (Å²) >= 11 is 0. The number of hydrogen-bond donors (Lipinski definition) is 2. The Bertz CT molecular complexity index is 438. The van der Waals surface area contributed by atoms with Crippen LogP contribution in [0.1, 0.15) is 49.5 Å². The van der Waals surface area contributed by atoms with E-state index in [4.69, 9.17) is 4.74 Å². The number of amides is 1. The first-order chi connectivity index (χ1) is 9.26. The van der Waals surface area contributed by atoms with Crippen LogP contribution in [0.4, 0.5) is 0 Å². The lowest BCUT2D eigenvalue weighted by atomic mass is 9.60. The lowest BCUT2D eigenvalue weighted by Crippen LogP contribution is -2.63. The van der Waals surface area contributed by atoms with E-state index in [2.05, 4.69) is 15.3 Å². The number of H-pyrrole nitrogens is 1. The van der Waals surface area contributed by atoms with Gasteiger partial charge in [0.05, 0.1) is 18.6 Å². The highest BCUT2D eigenvalue weighted by molar-refractivity contribution is 5.92. The third-order valence-corrected chi connectivity index (χ3v) is 4.74. The van der Waals surface area contributed by atoms with E-state index < -0.39 is 0 Å². The molecule has 3 rings (SSSR count). The van der Waals surface area contributed by atoms with Crippen LogP contribution in [-0.2, 0) is 4.74 Å². The molecule has 2 fully saturated rings. The minimum absolute atomic E-state index is 0.0521. The first-order valence-corrected chi connectivity index (χ1v) is 7.17. The fraction of sp³-hybridized carbons (Fsp3) is 0.714. The Morgan fingerprint density at radius 3 is 3.00 bits per heavy atom. The van der Waals surface area contributed by atoms with Crippen LogP contribution in [-0.4, -0.2) is 34.6 Å². The summed E-state index contributed by atoms with van der Waals surface area (Å²) in [6.07, 6.45) is 9.21. The molecule has 1 aromatic rings. The Balaban J connectivity index is 1.67. The quantitative estimate of drug-likeness (QED) is 0.871. The first kappa shape index (κ1) is 12.7. The van der Waals surface area contributed by atoms with E-state index in [1.807, 2.05) is 6.92 Å². The maximum atomic E-state index is 12.1. The minimum Gasteiger partial charge on any atom is -0.378 e. The molecule has 0 aromatic carbocycles. The smallest absolute Gasteiger partial charge is 0.269 e. The molecule has 0 saturated heterocycles. The van der Waals surface area contributed by atoms with Crippen molar-refractivity contribution >= 4 is 5.91 Å². The summed E-state index contributed by atoms with van der Waals surface area (Å²) in [4.78, 5) is 18.8. The zero-order valence-corrected chi connectivity index (χ0v) is 11.3. The molecule has 104 valence electrons. The van der Waals surface area contributed by atoms with Gasteiger partial charge in [-0.05, 0) is 26.2 Å². The van der Waals surface area contributed by atoms with Gasteiger partial charge in [0.25, 0.3) is 5.91 Å². The predicted molar refractivity (Wildman–Crippen MR) is 70.8 cm³/mol. The van der Waals surface area contributed by atoms with Crippen LogP contribution in [0.5, 0.6) is 0 Å². The van der Waals surface area contributed by atoms with E-state index in [1.165, 1.54) is 32.0 Å². The molecule has 2 aliphatic carbocycles. The molecule has 0 unspecified atom stereocenters. The normalized spacial score (nSPS) is 28.3. The van der Waals surface area contributed by atoms with Gasteiger partial charge in [-0.15, -0.1) is 0 Å². The molecule has 2 saturated carbocycles. The Hall–Kier alpha value is -1.36. The first-order valence-electron chi connectivity index (χ1n) is 7.17. The lowest BCUT2D eigenvalue weighted by Gasteiger charge is -2.54. The number of nitrogens with zero attached hydrogens (tertiary/aromatic N) is 1. The van der Waals surface area contributed by atoms with Crippen molar-refractivity contribution in [1.82, 2.24) is 15.3 Å². The van der Waals surface area contributed by atoms with Crippen molar-refractivity contribution in [3.63, 3.8) is 0 Å². The van der Waals surface area contributed by atoms with E-state index in [-0.39, 0.29) is 17.4 Å². The molecule has 0 bridgehead atoms. The molecule has 1 spiro atoms. The van der Waals surface area contributed by atoms with Gasteiger partial charge in [0.2, 0.25) is 0 Å². The van der Waals surface area contributed by atoms with Gasteiger partial charge in [-0.1, -0.05) is 12.8 Å². The average molecular weight is 263 g/mol. The van der Waals surface area contributed by atoms with Crippen LogP contribution in [0.3, 0.4) is 0 Å². The van der Waals surface area contributed by atoms with Crippen LogP contribution >= 0.6 is 0 Å². The van der Waals surface area contributed by atoms with E-state index >= 15 is 0 Å². The van der Waals surface area contributed by atoms with Crippen molar-refractivity contribution in [2.24, 2.45) is 5.41 Å². The van der Waals surface area contributed by atoms with Gasteiger partial charge in [-0.3, -0.25) is 4.79 Å². The second-order valence-corrected chi connectivity index (χ2v) is 5.61. The van der Waals surface area contributed by atoms with Gasteiger partial charge in [-0.25, -0.2) is 4.98 Å². The molecule has 2 atom stereocenters. The molecule has 1 amide bonds. The van der Waals surface area contributed by atoms with Crippen molar-refractivity contribution in [2.75, 3.05) is 6.61 Å². The van der Waals surface area contributed by atoms with Crippen molar-refractivity contribution in [2.45, 2.75) is 51.2 Å². The largest absolute Gasteiger partial charge is 0.378 e. The number of imidazole rings is 1. The maximum absolute atomic E-state index is 12.1. The van der Waals surface area contributed by atoms with Crippen molar-refractivity contribution in [3.8, 4) is 0 Å². The van der Waals surface area contributed by atoms with Gasteiger partial charge in [-0.2, -0.15) is 0 Å². The Kier molecular flexibility index (Phi) is 3.31. The highest BCUT2D eigenvalue weighted by Crippen LogP contribution is 2.54. The third-order valence-electron chi connectivity index (χ3n) is 4.74. The molecular formula is C14H21N3O2. The summed E-state index contributed by atoms with van der Waals surface area (Å²) < 4.78 is 5.85. The number of rotatable bonds is 4. The molecule has 5 heteroatoms. The number of carbonyl (C=O) groups is 1. The third kappa shape index (κ3) is 2.06. The number of carbonyl (C=O) groups excluding carboxylic acids is 1. The van der Waals surface area contributed by atoms with E-state index in [1.54, 1.807) is 6.20 Å². The molecule has 1 aromatic heterocycles. The van der Waals surface area contributed by atoms with Gasteiger partial charge in [0.15, 0.2) is 0 Å². The van der Waals surface area contributed by atoms with E-state index in [0.717, 1.165) is 13.0 Å². The molecule has 2 N–H and O–H groups in total. The summed E-state index contributed by atoms with van der Waals surface area (Å²) in [5, 5.41) is 3.15. The topological polar surface area (TPSA) is 67.0 Å². The van der Waals surface area contributed by atoms with E-state index in [9.17, 15) is 4.79 Å². The van der Waals surface area contributed by atoms with Crippen LogP contribution < -0.4 is 5.32 Å². The fourth-order valence-corrected chi connectivity index (χ4v) is 3.70. The molecule has 0 radical (unpaired) electrons. The van der Waals surface area contributed by atoms with Crippen molar-refractivity contribution in [1.29, 1.82) is 0 Å². The van der Waals surface area contributed by atoms with Gasteiger partial charge < -0.3 is 15.0 Å². The van der Waals surface area contributed by atoms with Crippen LogP contribution in [0.25, 0.3) is 0 Å². The zero-order chi connectivity index (χ0) is 13.3. The number of aromatic nitrogens is 2. The summed E-state index contributed by atoms with van der Waals surface area (Å²) in [5.41, 5.74) is 0.721. The minimum atomic E-state index is -0.0521. The van der Waals surface area contributed by atoms with Gasteiger partial charge in [0.1, 0.15) is 5.69 Å². The van der Waals surface area contributed by atoms with Crippen molar-refractivity contribution < 1.29 is 9.53 Å². The van der Waals surface area contributed by atoms with Crippen molar-refractivity contribution in [3.05, 3.63) is 18.2 Å². The number of hydrogen-bond acceptors (Lipinski definition) is 3. The number of aromatic amines is 1. The Labute approximate surface area is 113 Å². The summed E-state index contributed by atoms with van der Waals surface area (Å²) in [6, 6.07) is 0.252. The van der Waals surface area contributed by atoms with Gasteiger partial charge >= 0.3 is 0 Å². The summed E-state index contributed by atoms with van der Waals surface area (Å²) in [6.45, 7) is 2.80. The molecule has 0 aliphatic heterocycles. The second kappa shape index (κ2) is 4.96. The number of ether oxygens (including phenoxy) is 1. The Morgan fingerprint density at radius 1 is 1.58 bits per heavy atom. The molecular weight excluding hydrogens is 242 g/mol. The monoisotopic (exact) mass is 263 g/mol. The average Bonchev–Trinajstić information content (AvgIpc) is 3.09. The fourth-order valence-electron chi connectivity index (χ4n) is 3.70. The predicted octanol–water partition coefficient (Wildman–Crippen LogP) is 1.88. The maximum Gasteiger partial charge on any atom is 0.269 e. The van der Waals surface area contributed by atoms with Crippen LogP contribution in [0.2, 0.25) is 0 Å². The molecule has 1 heterocycles. The molecule has 5 nitrogen and oxygen atoms in total. The van der Waals surface area contributed by atoms with Gasteiger partial charge in [0, 0.05) is 18.1 Å². The van der Waals surface area contributed by atoms with E-state index in [0.29, 0.717) is 11.8 Å². The SMILES string of the molecule is CCO[C@H]1C[C@@H](NC(=O)c2cnc[nH]2)C12CCCC2. The summed E-state index contributed by atoms with van der Waals surface area (Å²) in [5.74, 6) is -0.0521. The molecule has 2 aliphatic rings. The molecule has 19 heavy (non-hydrogen) atoms.